The zero-order valence-electron chi connectivity index (χ0n) is 13.0. The zero-order chi connectivity index (χ0) is 16.7. The molecule has 1 unspecified atom stereocenters. The summed E-state index contributed by atoms with van der Waals surface area (Å²) in [5.41, 5.74) is 0.778. The fourth-order valence-electron chi connectivity index (χ4n) is 2.04. The smallest absolute Gasteiger partial charge is 0.247 e. The Kier molecular flexibility index (Phi) is 6.55. The Balaban J connectivity index is 1.80. The number of aliphatic hydroxyl groups excluding tert-OH is 1. The molecule has 7 heteroatoms. The first-order valence-electron chi connectivity index (χ1n) is 7.61. The first-order valence-corrected chi connectivity index (χ1v) is 7.99. The number of aliphatic hydroxyl groups is 1. The van der Waals surface area contributed by atoms with Crippen molar-refractivity contribution < 1.29 is 14.3 Å². The van der Waals surface area contributed by atoms with Crippen molar-refractivity contribution in [3.8, 4) is 11.5 Å². The Hall–Kier alpha value is -1.92. The lowest BCUT2D eigenvalue weighted by molar-refractivity contribution is -0.121. The van der Waals surface area contributed by atoms with Gasteiger partial charge in [0.2, 0.25) is 17.7 Å². The SMILES string of the molecule is CCCC(O)CNC(=O)CCc1nnc(-c2ccc(Cl)cc2)o1. The van der Waals surface area contributed by atoms with Gasteiger partial charge in [-0.2, -0.15) is 0 Å². The number of carbonyl (C=O) groups is 1. The van der Waals surface area contributed by atoms with Gasteiger partial charge in [0.1, 0.15) is 0 Å². The molecule has 0 aliphatic rings. The molecule has 0 aliphatic carbocycles. The topological polar surface area (TPSA) is 88.2 Å². The van der Waals surface area contributed by atoms with Gasteiger partial charge in [0.25, 0.3) is 0 Å². The van der Waals surface area contributed by atoms with Gasteiger partial charge in [0, 0.05) is 30.0 Å². The van der Waals surface area contributed by atoms with Crippen LogP contribution in [0.25, 0.3) is 11.5 Å². The largest absolute Gasteiger partial charge is 0.421 e. The Labute approximate surface area is 139 Å². The zero-order valence-corrected chi connectivity index (χ0v) is 13.7. The van der Waals surface area contributed by atoms with Gasteiger partial charge in [-0.1, -0.05) is 24.9 Å². The quantitative estimate of drug-likeness (QED) is 0.773. The normalized spacial score (nSPS) is 12.1. The van der Waals surface area contributed by atoms with Crippen LogP contribution >= 0.6 is 11.6 Å². The van der Waals surface area contributed by atoms with Crippen LogP contribution in [0.1, 0.15) is 32.1 Å². The molecule has 2 N–H and O–H groups in total. The summed E-state index contributed by atoms with van der Waals surface area (Å²) in [7, 11) is 0. The molecule has 23 heavy (non-hydrogen) atoms. The van der Waals surface area contributed by atoms with Crippen molar-refractivity contribution in [2.45, 2.75) is 38.7 Å². The van der Waals surface area contributed by atoms with Gasteiger partial charge in [-0.25, -0.2) is 0 Å². The van der Waals surface area contributed by atoms with Gasteiger partial charge in [0.15, 0.2) is 0 Å². The Morgan fingerprint density at radius 1 is 1.35 bits per heavy atom. The van der Waals surface area contributed by atoms with E-state index in [1.165, 1.54) is 0 Å². The van der Waals surface area contributed by atoms with E-state index in [9.17, 15) is 9.90 Å². The molecule has 2 aromatic rings. The Morgan fingerprint density at radius 2 is 2.09 bits per heavy atom. The second-order valence-corrected chi connectivity index (χ2v) is 5.69. The minimum atomic E-state index is -0.496. The molecule has 0 spiro atoms. The number of halogens is 1. The molecule has 1 aromatic heterocycles. The Morgan fingerprint density at radius 3 is 2.78 bits per heavy atom. The lowest BCUT2D eigenvalue weighted by Crippen LogP contribution is -2.32. The number of nitrogens with zero attached hydrogens (tertiary/aromatic N) is 2. The van der Waals surface area contributed by atoms with Crippen LogP contribution in [0.15, 0.2) is 28.7 Å². The van der Waals surface area contributed by atoms with Crippen molar-refractivity contribution in [3.63, 3.8) is 0 Å². The average Bonchev–Trinajstić information content (AvgIpc) is 3.01. The number of hydrogen-bond donors (Lipinski definition) is 2. The van der Waals surface area contributed by atoms with E-state index in [0.29, 0.717) is 29.6 Å². The highest BCUT2D eigenvalue weighted by molar-refractivity contribution is 6.30. The fraction of sp³-hybridized carbons (Fsp3) is 0.438. The van der Waals surface area contributed by atoms with E-state index >= 15 is 0 Å². The molecule has 124 valence electrons. The summed E-state index contributed by atoms with van der Waals surface area (Å²) in [5, 5.41) is 20.8. The number of rotatable bonds is 8. The second-order valence-electron chi connectivity index (χ2n) is 5.25. The van der Waals surface area contributed by atoms with Crippen molar-refractivity contribution in [1.82, 2.24) is 15.5 Å². The molecular formula is C16H20ClN3O3. The van der Waals surface area contributed by atoms with E-state index in [1.807, 2.05) is 6.92 Å². The van der Waals surface area contributed by atoms with Crippen LogP contribution in [0.2, 0.25) is 5.02 Å². The van der Waals surface area contributed by atoms with Crippen molar-refractivity contribution in [1.29, 1.82) is 0 Å². The predicted octanol–water partition coefficient (Wildman–Crippen LogP) is 2.60. The van der Waals surface area contributed by atoms with E-state index in [1.54, 1.807) is 24.3 Å². The van der Waals surface area contributed by atoms with E-state index in [4.69, 9.17) is 16.0 Å². The third kappa shape index (κ3) is 5.65. The van der Waals surface area contributed by atoms with Gasteiger partial charge in [0.05, 0.1) is 6.10 Å². The van der Waals surface area contributed by atoms with Crippen LogP contribution in [0.5, 0.6) is 0 Å². The number of nitrogens with one attached hydrogen (secondary N) is 1. The number of carbonyl (C=O) groups excluding carboxylic acids is 1. The van der Waals surface area contributed by atoms with Crippen molar-refractivity contribution >= 4 is 17.5 Å². The third-order valence-electron chi connectivity index (χ3n) is 3.28. The molecule has 0 aliphatic heterocycles. The van der Waals surface area contributed by atoms with Crippen LogP contribution in [0, 0.1) is 0 Å². The molecule has 0 saturated carbocycles. The molecule has 0 bridgehead atoms. The molecule has 2 rings (SSSR count). The summed E-state index contributed by atoms with van der Waals surface area (Å²) in [6.45, 7) is 2.26. The maximum atomic E-state index is 11.7. The van der Waals surface area contributed by atoms with Crippen LogP contribution in [-0.2, 0) is 11.2 Å². The number of amides is 1. The fourth-order valence-corrected chi connectivity index (χ4v) is 2.17. The molecule has 0 radical (unpaired) electrons. The second kappa shape index (κ2) is 8.64. The van der Waals surface area contributed by atoms with Gasteiger partial charge < -0.3 is 14.8 Å². The predicted molar refractivity (Wildman–Crippen MR) is 87.0 cm³/mol. The van der Waals surface area contributed by atoms with Crippen LogP contribution in [0.4, 0.5) is 0 Å². The lowest BCUT2D eigenvalue weighted by Gasteiger charge is -2.09. The molecule has 6 nitrogen and oxygen atoms in total. The van der Waals surface area contributed by atoms with Crippen LogP contribution in [-0.4, -0.2) is 33.9 Å². The maximum absolute atomic E-state index is 11.7. The van der Waals surface area contributed by atoms with Crippen molar-refractivity contribution in [3.05, 3.63) is 35.2 Å². The molecular weight excluding hydrogens is 318 g/mol. The lowest BCUT2D eigenvalue weighted by atomic mass is 10.2. The summed E-state index contributed by atoms with van der Waals surface area (Å²) >= 11 is 5.83. The number of benzene rings is 1. The number of aryl methyl sites for hydroxylation is 1. The van der Waals surface area contributed by atoms with Gasteiger partial charge in [-0.3, -0.25) is 4.79 Å². The summed E-state index contributed by atoms with van der Waals surface area (Å²) in [5.74, 6) is 0.654. The standard InChI is InChI=1S/C16H20ClN3O3/c1-2-3-13(21)10-18-14(22)8-9-15-19-20-16(23-15)11-4-6-12(17)7-5-11/h4-7,13,21H,2-3,8-10H2,1H3,(H,18,22). The average molecular weight is 338 g/mol. The minimum absolute atomic E-state index is 0.147. The molecule has 1 aromatic carbocycles. The Bertz CT molecular complexity index is 628. The highest BCUT2D eigenvalue weighted by Crippen LogP contribution is 2.20. The van der Waals surface area contributed by atoms with Crippen molar-refractivity contribution in [2.24, 2.45) is 0 Å². The van der Waals surface area contributed by atoms with Crippen LogP contribution in [0.3, 0.4) is 0 Å². The molecule has 1 atom stereocenters. The van der Waals surface area contributed by atoms with Crippen LogP contribution < -0.4 is 5.32 Å². The minimum Gasteiger partial charge on any atom is -0.421 e. The van der Waals surface area contributed by atoms with E-state index in [2.05, 4.69) is 15.5 Å². The summed E-state index contributed by atoms with van der Waals surface area (Å²) in [4.78, 5) is 11.7. The number of aromatic nitrogens is 2. The van der Waals surface area contributed by atoms with Crippen molar-refractivity contribution in [2.75, 3.05) is 6.54 Å². The molecule has 0 saturated heterocycles. The van der Waals surface area contributed by atoms with E-state index < -0.39 is 6.10 Å². The summed E-state index contributed by atoms with van der Waals surface area (Å²) in [6, 6.07) is 7.08. The summed E-state index contributed by atoms with van der Waals surface area (Å²) in [6.07, 6.45) is 1.65. The highest BCUT2D eigenvalue weighted by Gasteiger charge is 2.11. The van der Waals surface area contributed by atoms with Gasteiger partial charge in [-0.15, -0.1) is 10.2 Å². The molecule has 0 fully saturated rings. The molecule has 1 heterocycles. The van der Waals surface area contributed by atoms with Gasteiger partial charge >= 0.3 is 0 Å². The monoisotopic (exact) mass is 337 g/mol. The van der Waals surface area contributed by atoms with E-state index in [-0.39, 0.29) is 18.9 Å². The third-order valence-corrected chi connectivity index (χ3v) is 3.53. The summed E-state index contributed by atoms with van der Waals surface area (Å²) < 4.78 is 5.53. The maximum Gasteiger partial charge on any atom is 0.247 e. The van der Waals surface area contributed by atoms with E-state index in [0.717, 1.165) is 12.0 Å². The number of hydrogen-bond acceptors (Lipinski definition) is 5. The highest BCUT2D eigenvalue weighted by atomic mass is 35.5. The molecule has 1 amide bonds. The first kappa shape index (κ1) is 17.4. The first-order chi connectivity index (χ1) is 11.1. The van der Waals surface area contributed by atoms with Gasteiger partial charge in [-0.05, 0) is 30.7 Å².